The second kappa shape index (κ2) is 7.00. The summed E-state index contributed by atoms with van der Waals surface area (Å²) in [6.07, 6.45) is 1.58. The van der Waals surface area contributed by atoms with E-state index >= 15 is 0 Å². The molecule has 0 bridgehead atoms. The number of benzene rings is 2. The first-order chi connectivity index (χ1) is 12.0. The number of para-hydroxylation sites is 1. The van der Waals surface area contributed by atoms with E-state index in [1.165, 1.54) is 13.0 Å². The van der Waals surface area contributed by atoms with Gasteiger partial charge < -0.3 is 14.6 Å². The lowest BCUT2D eigenvalue weighted by Gasteiger charge is -2.10. The molecule has 0 saturated heterocycles. The molecule has 0 saturated carbocycles. The molecule has 0 spiro atoms. The molecular formula is C19H16N2O4. The van der Waals surface area contributed by atoms with Gasteiger partial charge in [-0.1, -0.05) is 12.1 Å². The zero-order chi connectivity index (χ0) is 17.8. The van der Waals surface area contributed by atoms with Crippen LogP contribution in [0.3, 0.4) is 0 Å². The first-order valence-electron chi connectivity index (χ1n) is 7.69. The lowest BCUT2D eigenvalue weighted by molar-refractivity contribution is -0.135. The second-order valence-corrected chi connectivity index (χ2v) is 5.50. The van der Waals surface area contributed by atoms with Gasteiger partial charge in [0, 0.05) is 30.3 Å². The third kappa shape index (κ3) is 3.92. The van der Waals surface area contributed by atoms with Crippen molar-refractivity contribution in [2.45, 2.75) is 13.5 Å². The summed E-state index contributed by atoms with van der Waals surface area (Å²) < 4.78 is 6.98. The van der Waals surface area contributed by atoms with Crippen molar-refractivity contribution in [2.24, 2.45) is 0 Å². The maximum absolute atomic E-state index is 12.2. The SMILES string of the molecule is CC(=O)Nc1ccc(OC(=O)Cn2ccc(=O)c3ccccc32)cc1. The number of nitrogens with one attached hydrogen (secondary N) is 1. The zero-order valence-electron chi connectivity index (χ0n) is 13.6. The molecule has 3 rings (SSSR count). The highest BCUT2D eigenvalue weighted by atomic mass is 16.5. The number of ether oxygens (including phenoxy) is 1. The third-order valence-electron chi connectivity index (χ3n) is 3.59. The molecule has 0 aliphatic rings. The molecule has 126 valence electrons. The Labute approximate surface area is 143 Å². The number of amides is 1. The number of carbonyl (C=O) groups excluding carboxylic acids is 2. The molecule has 2 aromatic carbocycles. The van der Waals surface area contributed by atoms with Gasteiger partial charge in [0.2, 0.25) is 5.91 Å². The van der Waals surface area contributed by atoms with Crippen LogP contribution in [0.2, 0.25) is 0 Å². The van der Waals surface area contributed by atoms with Crippen LogP contribution in [0.5, 0.6) is 5.75 Å². The molecule has 1 amide bonds. The highest BCUT2D eigenvalue weighted by Gasteiger charge is 2.09. The van der Waals surface area contributed by atoms with E-state index in [1.54, 1.807) is 53.2 Å². The van der Waals surface area contributed by atoms with E-state index in [4.69, 9.17) is 4.74 Å². The number of fused-ring (bicyclic) bond motifs is 1. The molecule has 1 aromatic heterocycles. The van der Waals surface area contributed by atoms with Crippen molar-refractivity contribution >= 4 is 28.5 Å². The van der Waals surface area contributed by atoms with Gasteiger partial charge in [0.25, 0.3) is 0 Å². The monoisotopic (exact) mass is 336 g/mol. The Morgan fingerprint density at radius 2 is 1.76 bits per heavy atom. The number of hydrogen-bond acceptors (Lipinski definition) is 4. The predicted octanol–water partition coefficient (Wildman–Crippen LogP) is 2.57. The van der Waals surface area contributed by atoms with Gasteiger partial charge in [0.1, 0.15) is 12.3 Å². The molecule has 0 radical (unpaired) electrons. The molecule has 1 N–H and O–H groups in total. The Morgan fingerprint density at radius 3 is 2.48 bits per heavy atom. The Kier molecular flexibility index (Phi) is 4.61. The van der Waals surface area contributed by atoms with Gasteiger partial charge in [-0.3, -0.25) is 9.59 Å². The standard InChI is InChI=1S/C19H16N2O4/c1-13(22)20-14-6-8-15(9-7-14)25-19(24)12-21-11-10-18(23)16-4-2-3-5-17(16)21/h2-11H,12H2,1H3,(H,20,22). The Balaban J connectivity index is 1.74. The van der Waals surface area contributed by atoms with Crippen molar-refractivity contribution in [2.75, 3.05) is 5.32 Å². The van der Waals surface area contributed by atoms with Gasteiger partial charge in [0.05, 0.1) is 5.52 Å². The summed E-state index contributed by atoms with van der Waals surface area (Å²) in [6, 6.07) is 15.0. The van der Waals surface area contributed by atoms with Gasteiger partial charge in [0.15, 0.2) is 5.43 Å². The maximum Gasteiger partial charge on any atom is 0.331 e. The van der Waals surface area contributed by atoms with E-state index in [0.29, 0.717) is 22.3 Å². The fraction of sp³-hybridized carbons (Fsp3) is 0.105. The van der Waals surface area contributed by atoms with Crippen LogP contribution in [0.1, 0.15) is 6.92 Å². The first kappa shape index (κ1) is 16.4. The molecule has 0 atom stereocenters. The van der Waals surface area contributed by atoms with E-state index in [-0.39, 0.29) is 17.9 Å². The maximum atomic E-state index is 12.2. The number of esters is 1. The summed E-state index contributed by atoms with van der Waals surface area (Å²) in [5.74, 6) is -0.250. The lowest BCUT2D eigenvalue weighted by Crippen LogP contribution is -2.18. The van der Waals surface area contributed by atoms with Crippen LogP contribution in [0.4, 0.5) is 5.69 Å². The Bertz CT molecular complexity index is 990. The van der Waals surface area contributed by atoms with E-state index in [0.717, 1.165) is 0 Å². The Hall–Kier alpha value is -3.41. The number of anilines is 1. The number of aromatic nitrogens is 1. The number of nitrogens with zero attached hydrogens (tertiary/aromatic N) is 1. The number of carbonyl (C=O) groups is 2. The number of rotatable bonds is 4. The summed E-state index contributed by atoms with van der Waals surface area (Å²) in [5.41, 5.74) is 1.21. The van der Waals surface area contributed by atoms with Crippen molar-refractivity contribution in [3.05, 3.63) is 71.0 Å². The highest BCUT2D eigenvalue weighted by molar-refractivity contribution is 5.88. The summed E-state index contributed by atoms with van der Waals surface area (Å²) in [7, 11) is 0. The van der Waals surface area contributed by atoms with Crippen molar-refractivity contribution in [1.29, 1.82) is 0 Å². The first-order valence-corrected chi connectivity index (χ1v) is 7.69. The van der Waals surface area contributed by atoms with Gasteiger partial charge in [-0.05, 0) is 36.4 Å². The van der Waals surface area contributed by atoms with Crippen LogP contribution in [0.15, 0.2) is 65.6 Å². The molecule has 0 aliphatic carbocycles. The van der Waals surface area contributed by atoms with Crippen LogP contribution in [-0.2, 0) is 16.1 Å². The van der Waals surface area contributed by atoms with Gasteiger partial charge in [-0.2, -0.15) is 0 Å². The molecular weight excluding hydrogens is 320 g/mol. The fourth-order valence-electron chi connectivity index (χ4n) is 2.51. The van der Waals surface area contributed by atoms with Crippen LogP contribution < -0.4 is 15.5 Å². The smallest absolute Gasteiger partial charge is 0.331 e. The summed E-state index contributed by atoms with van der Waals surface area (Å²) >= 11 is 0. The van der Waals surface area contributed by atoms with Gasteiger partial charge in [-0.15, -0.1) is 0 Å². The minimum absolute atomic E-state index is 0.0196. The number of pyridine rings is 1. The summed E-state index contributed by atoms with van der Waals surface area (Å²) in [5, 5.41) is 3.19. The topological polar surface area (TPSA) is 77.4 Å². The van der Waals surface area contributed by atoms with E-state index in [2.05, 4.69) is 5.32 Å². The molecule has 0 unspecified atom stereocenters. The van der Waals surface area contributed by atoms with Crippen LogP contribution in [0.25, 0.3) is 10.9 Å². The van der Waals surface area contributed by atoms with Crippen molar-refractivity contribution in [1.82, 2.24) is 4.57 Å². The molecule has 3 aromatic rings. The van der Waals surface area contributed by atoms with Gasteiger partial charge >= 0.3 is 5.97 Å². The van der Waals surface area contributed by atoms with E-state index in [1.807, 2.05) is 6.07 Å². The van der Waals surface area contributed by atoms with Crippen LogP contribution in [0, 0.1) is 0 Å². The van der Waals surface area contributed by atoms with E-state index in [9.17, 15) is 14.4 Å². The van der Waals surface area contributed by atoms with Crippen molar-refractivity contribution in [3.63, 3.8) is 0 Å². The van der Waals surface area contributed by atoms with E-state index < -0.39 is 5.97 Å². The zero-order valence-corrected chi connectivity index (χ0v) is 13.6. The quantitative estimate of drug-likeness (QED) is 0.587. The Morgan fingerprint density at radius 1 is 1.04 bits per heavy atom. The largest absolute Gasteiger partial charge is 0.425 e. The third-order valence-corrected chi connectivity index (χ3v) is 3.59. The minimum Gasteiger partial charge on any atom is -0.425 e. The van der Waals surface area contributed by atoms with Crippen molar-refractivity contribution < 1.29 is 14.3 Å². The molecule has 0 aliphatic heterocycles. The predicted molar refractivity (Wildman–Crippen MR) is 94.6 cm³/mol. The minimum atomic E-state index is -0.457. The summed E-state index contributed by atoms with van der Waals surface area (Å²) in [4.78, 5) is 35.0. The fourth-order valence-corrected chi connectivity index (χ4v) is 2.51. The summed E-state index contributed by atoms with van der Waals surface area (Å²) in [6.45, 7) is 1.40. The molecule has 6 nitrogen and oxygen atoms in total. The van der Waals surface area contributed by atoms with Crippen LogP contribution >= 0.6 is 0 Å². The normalized spacial score (nSPS) is 10.4. The molecule has 1 heterocycles. The highest BCUT2D eigenvalue weighted by Crippen LogP contribution is 2.16. The molecule has 25 heavy (non-hydrogen) atoms. The lowest BCUT2D eigenvalue weighted by atomic mass is 10.2. The average molecular weight is 336 g/mol. The second-order valence-electron chi connectivity index (χ2n) is 5.50. The van der Waals surface area contributed by atoms with Gasteiger partial charge in [-0.25, -0.2) is 4.79 Å². The molecule has 6 heteroatoms. The number of hydrogen-bond donors (Lipinski definition) is 1. The average Bonchev–Trinajstić information content (AvgIpc) is 2.59. The van der Waals surface area contributed by atoms with Crippen molar-refractivity contribution in [3.8, 4) is 5.75 Å². The molecule has 0 fully saturated rings. The van der Waals surface area contributed by atoms with Crippen LogP contribution in [-0.4, -0.2) is 16.4 Å².